The number of nitrogens with one attached hydrogen (secondary N) is 2. The molecular weight excluding hydrogens is 343 g/mol. The number of rotatable bonds is 3. The first-order valence-electron chi connectivity index (χ1n) is 6.83. The molecule has 0 spiro atoms. The van der Waals surface area contributed by atoms with E-state index in [2.05, 4.69) is 20.8 Å². The number of nitrogens with zero attached hydrogens (tertiary/aromatic N) is 2. The Hall–Kier alpha value is -1.21. The van der Waals surface area contributed by atoms with Crippen LogP contribution in [0, 0.1) is 5.92 Å². The molecule has 1 aliphatic heterocycles. The number of piperidine rings is 1. The number of carbonyl (C=O) groups excluding carboxylic acids is 1. The highest BCUT2D eigenvalue weighted by atomic mass is 35.5. The molecular formula is C14H16Cl2N4OS. The molecule has 1 atom stereocenters. The van der Waals surface area contributed by atoms with E-state index in [4.69, 9.17) is 11.6 Å². The van der Waals surface area contributed by atoms with Crippen LogP contribution in [0.4, 0.5) is 5.13 Å². The van der Waals surface area contributed by atoms with Crippen molar-refractivity contribution in [2.75, 3.05) is 18.4 Å². The van der Waals surface area contributed by atoms with Crippen LogP contribution in [-0.4, -0.2) is 29.2 Å². The van der Waals surface area contributed by atoms with Crippen molar-refractivity contribution in [3.05, 3.63) is 29.3 Å². The van der Waals surface area contributed by atoms with Gasteiger partial charge < -0.3 is 10.6 Å². The van der Waals surface area contributed by atoms with Gasteiger partial charge >= 0.3 is 0 Å². The first-order chi connectivity index (χ1) is 10.2. The number of hydrogen-bond acceptors (Lipinski definition) is 5. The lowest BCUT2D eigenvalue weighted by Gasteiger charge is -2.20. The van der Waals surface area contributed by atoms with E-state index >= 15 is 0 Å². The van der Waals surface area contributed by atoms with Crippen molar-refractivity contribution in [1.29, 1.82) is 0 Å². The van der Waals surface area contributed by atoms with Crippen molar-refractivity contribution in [1.82, 2.24) is 15.5 Å². The average molecular weight is 359 g/mol. The van der Waals surface area contributed by atoms with Crippen molar-refractivity contribution in [2.45, 2.75) is 12.8 Å². The Morgan fingerprint density at radius 3 is 3.00 bits per heavy atom. The van der Waals surface area contributed by atoms with Crippen LogP contribution in [0.15, 0.2) is 24.3 Å². The van der Waals surface area contributed by atoms with Gasteiger partial charge in [-0.15, -0.1) is 22.6 Å². The van der Waals surface area contributed by atoms with Gasteiger partial charge in [-0.05, 0) is 31.5 Å². The van der Waals surface area contributed by atoms with Gasteiger partial charge in [0.2, 0.25) is 11.0 Å². The summed E-state index contributed by atoms with van der Waals surface area (Å²) in [6.45, 7) is 1.72. The van der Waals surface area contributed by atoms with Gasteiger partial charge in [-0.1, -0.05) is 35.1 Å². The number of benzene rings is 1. The van der Waals surface area contributed by atoms with E-state index in [1.807, 2.05) is 24.3 Å². The molecule has 2 aromatic rings. The summed E-state index contributed by atoms with van der Waals surface area (Å²) in [4.78, 5) is 12.1. The number of carbonyl (C=O) groups is 1. The zero-order valence-electron chi connectivity index (χ0n) is 11.7. The lowest BCUT2D eigenvalue weighted by molar-refractivity contribution is -0.120. The first-order valence-corrected chi connectivity index (χ1v) is 8.03. The average Bonchev–Trinajstić information content (AvgIpc) is 2.97. The van der Waals surface area contributed by atoms with Crippen LogP contribution in [0.3, 0.4) is 0 Å². The minimum atomic E-state index is 0. The fraction of sp³-hybridized carbons (Fsp3) is 0.357. The van der Waals surface area contributed by atoms with Crippen molar-refractivity contribution in [3.8, 4) is 10.6 Å². The van der Waals surface area contributed by atoms with Crippen molar-refractivity contribution < 1.29 is 4.79 Å². The normalized spacial score (nSPS) is 17.6. The van der Waals surface area contributed by atoms with Gasteiger partial charge in [0.15, 0.2) is 0 Å². The molecule has 22 heavy (non-hydrogen) atoms. The molecule has 8 heteroatoms. The quantitative estimate of drug-likeness (QED) is 0.883. The summed E-state index contributed by atoms with van der Waals surface area (Å²) in [5.41, 5.74) is 0.903. The van der Waals surface area contributed by atoms with Gasteiger partial charge in [-0.2, -0.15) is 0 Å². The molecule has 2 heterocycles. The molecule has 1 amide bonds. The van der Waals surface area contributed by atoms with Gasteiger partial charge in [0.05, 0.1) is 5.92 Å². The number of amides is 1. The van der Waals surface area contributed by atoms with Gasteiger partial charge in [0, 0.05) is 17.1 Å². The zero-order chi connectivity index (χ0) is 14.7. The Bertz CT molecular complexity index is 643. The molecule has 0 aliphatic carbocycles. The highest BCUT2D eigenvalue weighted by Crippen LogP contribution is 2.28. The summed E-state index contributed by atoms with van der Waals surface area (Å²) in [5, 5.41) is 16.1. The van der Waals surface area contributed by atoms with E-state index < -0.39 is 0 Å². The van der Waals surface area contributed by atoms with E-state index in [1.54, 1.807) is 0 Å². The second kappa shape index (κ2) is 7.87. The summed E-state index contributed by atoms with van der Waals surface area (Å²) in [6.07, 6.45) is 1.95. The minimum absolute atomic E-state index is 0. The number of aromatic nitrogens is 2. The highest BCUT2D eigenvalue weighted by molar-refractivity contribution is 7.18. The van der Waals surface area contributed by atoms with E-state index in [1.165, 1.54) is 11.3 Å². The van der Waals surface area contributed by atoms with Crippen molar-refractivity contribution in [2.24, 2.45) is 5.92 Å². The molecule has 0 bridgehead atoms. The van der Waals surface area contributed by atoms with Crippen molar-refractivity contribution in [3.63, 3.8) is 0 Å². The minimum Gasteiger partial charge on any atom is -0.316 e. The number of hydrogen-bond donors (Lipinski definition) is 2. The summed E-state index contributed by atoms with van der Waals surface area (Å²) in [7, 11) is 0. The molecule has 1 aromatic heterocycles. The van der Waals surface area contributed by atoms with E-state index in [0.717, 1.165) is 36.5 Å². The molecule has 1 saturated heterocycles. The van der Waals surface area contributed by atoms with Gasteiger partial charge in [0.1, 0.15) is 5.01 Å². The van der Waals surface area contributed by atoms with E-state index in [9.17, 15) is 4.79 Å². The molecule has 0 radical (unpaired) electrons. The number of halogens is 2. The Labute approximate surface area is 143 Å². The predicted octanol–water partition coefficient (Wildman–Crippen LogP) is 3.22. The summed E-state index contributed by atoms with van der Waals surface area (Å²) in [6, 6.07) is 7.43. The van der Waals surface area contributed by atoms with Crippen LogP contribution >= 0.6 is 35.3 Å². The van der Waals surface area contributed by atoms with Crippen LogP contribution in [0.25, 0.3) is 10.6 Å². The Balaban J connectivity index is 0.00000176. The first kappa shape index (κ1) is 17.1. The fourth-order valence-electron chi connectivity index (χ4n) is 2.29. The summed E-state index contributed by atoms with van der Waals surface area (Å²) < 4.78 is 0. The van der Waals surface area contributed by atoms with Crippen LogP contribution in [0.1, 0.15) is 12.8 Å². The van der Waals surface area contributed by atoms with Gasteiger partial charge in [-0.3, -0.25) is 4.79 Å². The highest BCUT2D eigenvalue weighted by Gasteiger charge is 2.22. The Morgan fingerprint density at radius 1 is 1.41 bits per heavy atom. The van der Waals surface area contributed by atoms with Gasteiger partial charge in [0.25, 0.3) is 0 Å². The molecule has 1 aliphatic rings. The molecule has 5 nitrogen and oxygen atoms in total. The van der Waals surface area contributed by atoms with E-state index in [-0.39, 0.29) is 24.2 Å². The molecule has 118 valence electrons. The van der Waals surface area contributed by atoms with Crippen LogP contribution in [0.5, 0.6) is 0 Å². The molecule has 1 unspecified atom stereocenters. The monoisotopic (exact) mass is 358 g/mol. The van der Waals surface area contributed by atoms with E-state index in [0.29, 0.717) is 10.2 Å². The third-order valence-electron chi connectivity index (χ3n) is 3.39. The lowest BCUT2D eigenvalue weighted by atomic mass is 9.99. The van der Waals surface area contributed by atoms with Crippen LogP contribution in [0.2, 0.25) is 5.02 Å². The standard InChI is InChI=1S/C14H15ClN4OS.ClH/c15-11-5-1-3-9(7-11)13-18-19-14(21-13)17-12(20)10-4-2-6-16-8-10;/h1,3,5,7,10,16H,2,4,6,8H2,(H,17,19,20);1H. The zero-order valence-corrected chi connectivity index (χ0v) is 14.1. The molecule has 3 rings (SSSR count). The SMILES string of the molecule is Cl.O=C(Nc1nnc(-c2cccc(Cl)c2)s1)C1CCCNC1. The predicted molar refractivity (Wildman–Crippen MR) is 91.8 cm³/mol. The van der Waals surface area contributed by atoms with Crippen LogP contribution in [-0.2, 0) is 4.79 Å². The second-order valence-electron chi connectivity index (χ2n) is 4.96. The maximum absolute atomic E-state index is 12.1. The summed E-state index contributed by atoms with van der Waals surface area (Å²) >= 11 is 7.32. The van der Waals surface area contributed by atoms with Crippen LogP contribution < -0.4 is 10.6 Å². The molecule has 0 saturated carbocycles. The molecule has 1 aromatic carbocycles. The lowest BCUT2D eigenvalue weighted by Crippen LogP contribution is -2.37. The third kappa shape index (κ3) is 4.16. The Kier molecular flexibility index (Phi) is 6.14. The van der Waals surface area contributed by atoms with Gasteiger partial charge in [-0.25, -0.2) is 0 Å². The number of anilines is 1. The largest absolute Gasteiger partial charge is 0.316 e. The third-order valence-corrected chi connectivity index (χ3v) is 4.52. The maximum atomic E-state index is 12.1. The molecule has 1 fully saturated rings. The molecule has 2 N–H and O–H groups in total. The fourth-order valence-corrected chi connectivity index (χ4v) is 3.23. The maximum Gasteiger partial charge on any atom is 0.230 e. The summed E-state index contributed by atoms with van der Waals surface area (Å²) in [5.74, 6) is 0.0215. The smallest absolute Gasteiger partial charge is 0.230 e. The Morgan fingerprint density at radius 2 is 2.27 bits per heavy atom. The topological polar surface area (TPSA) is 66.9 Å². The second-order valence-corrected chi connectivity index (χ2v) is 6.37. The van der Waals surface area contributed by atoms with Crippen molar-refractivity contribution >= 4 is 46.4 Å².